The van der Waals surface area contributed by atoms with Crippen LogP contribution < -0.4 is 5.32 Å². The van der Waals surface area contributed by atoms with Crippen molar-refractivity contribution in [1.29, 1.82) is 0 Å². The van der Waals surface area contributed by atoms with Crippen LogP contribution in [0.15, 0.2) is 48.7 Å². The van der Waals surface area contributed by atoms with Crippen molar-refractivity contribution >= 4 is 12.0 Å². The van der Waals surface area contributed by atoms with Gasteiger partial charge in [0.05, 0.1) is 18.3 Å². The Labute approximate surface area is 123 Å². The highest BCUT2D eigenvalue weighted by molar-refractivity contribution is 5.91. The van der Waals surface area contributed by atoms with Crippen LogP contribution in [0.4, 0.5) is 0 Å². The van der Waals surface area contributed by atoms with E-state index >= 15 is 0 Å². The van der Waals surface area contributed by atoms with E-state index in [0.29, 0.717) is 6.42 Å². The van der Waals surface area contributed by atoms with E-state index in [2.05, 4.69) is 10.4 Å². The number of carbonyl (C=O) groups is 1. The van der Waals surface area contributed by atoms with Crippen LogP contribution in [0, 0.1) is 0 Å². The Balaban J connectivity index is 1.91. The molecular weight excluding hydrogens is 266 g/mol. The van der Waals surface area contributed by atoms with Crippen molar-refractivity contribution in [3.8, 4) is 0 Å². The molecule has 2 rings (SSSR count). The first-order valence-corrected chi connectivity index (χ1v) is 6.80. The van der Waals surface area contributed by atoms with Gasteiger partial charge in [-0.1, -0.05) is 30.3 Å². The number of nitrogens with one attached hydrogen (secondary N) is 1. The number of rotatable bonds is 6. The van der Waals surface area contributed by atoms with Crippen molar-refractivity contribution in [2.45, 2.75) is 12.5 Å². The van der Waals surface area contributed by atoms with Gasteiger partial charge in [0.1, 0.15) is 0 Å². The van der Waals surface area contributed by atoms with Crippen molar-refractivity contribution < 1.29 is 9.90 Å². The van der Waals surface area contributed by atoms with Crippen LogP contribution in [0.5, 0.6) is 0 Å². The number of aromatic nitrogens is 2. The lowest BCUT2D eigenvalue weighted by atomic mass is 10.1. The Hall–Kier alpha value is -2.40. The highest BCUT2D eigenvalue weighted by Crippen LogP contribution is 2.03. The lowest BCUT2D eigenvalue weighted by molar-refractivity contribution is -0.117. The maximum absolute atomic E-state index is 11.9. The van der Waals surface area contributed by atoms with E-state index < -0.39 is 0 Å². The summed E-state index contributed by atoms with van der Waals surface area (Å²) in [5, 5.41) is 16.2. The van der Waals surface area contributed by atoms with Gasteiger partial charge in [-0.05, 0) is 24.1 Å². The van der Waals surface area contributed by atoms with Crippen LogP contribution in [0.1, 0.15) is 11.3 Å². The number of hydrogen-bond acceptors (Lipinski definition) is 3. The monoisotopic (exact) mass is 285 g/mol. The molecule has 1 aromatic heterocycles. The number of benzene rings is 1. The van der Waals surface area contributed by atoms with E-state index in [0.717, 1.165) is 11.3 Å². The summed E-state index contributed by atoms with van der Waals surface area (Å²) in [6, 6.07) is 11.3. The number of aryl methyl sites for hydroxylation is 1. The van der Waals surface area contributed by atoms with Gasteiger partial charge in [0, 0.05) is 19.3 Å². The first kappa shape index (κ1) is 15.0. The van der Waals surface area contributed by atoms with E-state index in [9.17, 15) is 9.90 Å². The minimum Gasteiger partial charge on any atom is -0.394 e. The number of nitrogens with zero attached hydrogens (tertiary/aromatic N) is 2. The molecule has 0 bridgehead atoms. The van der Waals surface area contributed by atoms with Gasteiger partial charge < -0.3 is 10.4 Å². The van der Waals surface area contributed by atoms with Crippen molar-refractivity contribution in [2.24, 2.45) is 7.05 Å². The Kier molecular flexibility index (Phi) is 5.29. The molecule has 0 radical (unpaired) electrons. The summed E-state index contributed by atoms with van der Waals surface area (Å²) in [7, 11) is 1.81. The molecule has 2 N–H and O–H groups in total. The molecule has 0 fully saturated rings. The number of hydrogen-bond donors (Lipinski definition) is 2. The van der Waals surface area contributed by atoms with E-state index in [-0.39, 0.29) is 18.6 Å². The van der Waals surface area contributed by atoms with Crippen molar-refractivity contribution in [2.75, 3.05) is 6.61 Å². The first-order valence-electron chi connectivity index (χ1n) is 6.80. The molecule has 5 nitrogen and oxygen atoms in total. The summed E-state index contributed by atoms with van der Waals surface area (Å²) in [6.07, 6.45) is 5.41. The maximum atomic E-state index is 11.9. The number of amides is 1. The second kappa shape index (κ2) is 7.40. The topological polar surface area (TPSA) is 67.2 Å². The molecule has 1 aromatic carbocycles. The van der Waals surface area contributed by atoms with Gasteiger partial charge in [-0.2, -0.15) is 5.10 Å². The molecule has 0 saturated carbocycles. The fraction of sp³-hybridized carbons (Fsp3) is 0.250. The summed E-state index contributed by atoms with van der Waals surface area (Å²) >= 11 is 0. The van der Waals surface area contributed by atoms with Crippen molar-refractivity contribution in [3.05, 3.63) is 59.9 Å². The van der Waals surface area contributed by atoms with Crippen LogP contribution in [0.25, 0.3) is 6.08 Å². The summed E-state index contributed by atoms with van der Waals surface area (Å²) in [5.41, 5.74) is 1.92. The highest BCUT2D eigenvalue weighted by atomic mass is 16.3. The third kappa shape index (κ3) is 4.57. The Morgan fingerprint density at radius 3 is 2.76 bits per heavy atom. The van der Waals surface area contributed by atoms with Crippen molar-refractivity contribution in [1.82, 2.24) is 15.1 Å². The molecule has 0 spiro atoms. The van der Waals surface area contributed by atoms with Crippen LogP contribution in [0.2, 0.25) is 0 Å². The smallest absolute Gasteiger partial charge is 0.244 e. The predicted octanol–water partition coefficient (Wildman–Crippen LogP) is 1.15. The van der Waals surface area contributed by atoms with Gasteiger partial charge in [0.2, 0.25) is 5.91 Å². The molecule has 1 atom stereocenters. The second-order valence-electron chi connectivity index (χ2n) is 4.79. The molecule has 5 heteroatoms. The largest absolute Gasteiger partial charge is 0.394 e. The minimum atomic E-state index is -0.295. The molecular formula is C16H19N3O2. The molecule has 0 saturated heterocycles. The zero-order valence-electron chi connectivity index (χ0n) is 11.9. The summed E-state index contributed by atoms with van der Waals surface area (Å²) in [4.78, 5) is 11.9. The molecule has 1 amide bonds. The molecule has 0 aliphatic rings. The summed E-state index contributed by atoms with van der Waals surface area (Å²) < 4.78 is 1.68. The third-order valence-corrected chi connectivity index (χ3v) is 3.16. The van der Waals surface area contributed by atoms with Gasteiger partial charge in [-0.15, -0.1) is 0 Å². The van der Waals surface area contributed by atoms with E-state index in [1.807, 2.05) is 43.4 Å². The first-order chi connectivity index (χ1) is 10.2. The highest BCUT2D eigenvalue weighted by Gasteiger charge is 2.10. The Morgan fingerprint density at radius 2 is 2.14 bits per heavy atom. The third-order valence-electron chi connectivity index (χ3n) is 3.16. The molecule has 0 aliphatic heterocycles. The van der Waals surface area contributed by atoms with Gasteiger partial charge >= 0.3 is 0 Å². The van der Waals surface area contributed by atoms with Crippen LogP contribution in [-0.2, 0) is 18.3 Å². The van der Waals surface area contributed by atoms with Crippen molar-refractivity contribution in [3.63, 3.8) is 0 Å². The Bertz CT molecular complexity index is 605. The predicted molar refractivity (Wildman–Crippen MR) is 81.4 cm³/mol. The second-order valence-corrected chi connectivity index (χ2v) is 4.79. The van der Waals surface area contributed by atoms with Gasteiger partial charge in [0.15, 0.2) is 0 Å². The summed E-state index contributed by atoms with van der Waals surface area (Å²) in [5.74, 6) is -0.230. The molecule has 0 unspecified atom stereocenters. The molecule has 2 aromatic rings. The molecule has 0 aliphatic carbocycles. The fourth-order valence-corrected chi connectivity index (χ4v) is 2.02. The van der Waals surface area contributed by atoms with E-state index in [1.165, 1.54) is 6.08 Å². The lowest BCUT2D eigenvalue weighted by Gasteiger charge is -2.15. The maximum Gasteiger partial charge on any atom is 0.244 e. The van der Waals surface area contributed by atoms with Crippen LogP contribution >= 0.6 is 0 Å². The van der Waals surface area contributed by atoms with Gasteiger partial charge in [-0.3, -0.25) is 9.48 Å². The average Bonchev–Trinajstić information content (AvgIpc) is 2.91. The average molecular weight is 285 g/mol. The molecule has 110 valence electrons. The SMILES string of the molecule is Cn1nccc1/C=C/C(=O)N[C@H](CO)Cc1ccccc1. The van der Waals surface area contributed by atoms with Gasteiger partial charge in [-0.25, -0.2) is 0 Å². The fourth-order valence-electron chi connectivity index (χ4n) is 2.02. The molecule has 1 heterocycles. The molecule has 21 heavy (non-hydrogen) atoms. The number of aliphatic hydroxyl groups is 1. The normalized spacial score (nSPS) is 12.5. The zero-order chi connectivity index (χ0) is 15.1. The van der Waals surface area contributed by atoms with E-state index in [4.69, 9.17) is 0 Å². The lowest BCUT2D eigenvalue weighted by Crippen LogP contribution is -2.38. The summed E-state index contributed by atoms with van der Waals surface area (Å²) in [6.45, 7) is -0.0970. The van der Waals surface area contributed by atoms with E-state index in [1.54, 1.807) is 17.0 Å². The van der Waals surface area contributed by atoms with Gasteiger partial charge in [0.25, 0.3) is 0 Å². The Morgan fingerprint density at radius 1 is 1.38 bits per heavy atom. The number of aliphatic hydroxyl groups excluding tert-OH is 1. The van der Waals surface area contributed by atoms with Crippen LogP contribution in [0.3, 0.4) is 0 Å². The van der Waals surface area contributed by atoms with Crippen LogP contribution in [-0.4, -0.2) is 33.4 Å². The number of carbonyl (C=O) groups excluding carboxylic acids is 1. The zero-order valence-corrected chi connectivity index (χ0v) is 11.9. The minimum absolute atomic E-state index is 0.0970. The standard InChI is InChI=1S/C16H19N3O2/c1-19-15(9-10-17-19)7-8-16(21)18-14(12-20)11-13-5-3-2-4-6-13/h2-10,14,20H,11-12H2,1H3,(H,18,21)/b8-7+/t14-/m0/s1. The quantitative estimate of drug-likeness (QED) is 0.783.